The maximum absolute atomic E-state index is 12.4. The number of carbonyl (C=O) groups excluding carboxylic acids is 1. The van der Waals surface area contributed by atoms with Crippen LogP contribution in [-0.4, -0.2) is 20.7 Å². The number of hydrogen-bond donors (Lipinski definition) is 1. The Kier molecular flexibility index (Phi) is 4.22. The van der Waals surface area contributed by atoms with Gasteiger partial charge in [0.25, 0.3) is 0 Å². The SMILES string of the molecule is CC1(C)CC(=O)c2c(nc(-c3ccc(OCc4ccccc4)cc3)n2O)C1. The van der Waals surface area contributed by atoms with E-state index in [9.17, 15) is 10.0 Å². The summed E-state index contributed by atoms with van der Waals surface area (Å²) in [6, 6.07) is 17.3. The molecule has 1 aliphatic rings. The van der Waals surface area contributed by atoms with Crippen LogP contribution in [0.2, 0.25) is 0 Å². The summed E-state index contributed by atoms with van der Waals surface area (Å²) in [5, 5.41) is 10.5. The summed E-state index contributed by atoms with van der Waals surface area (Å²) in [4.78, 5) is 16.9. The van der Waals surface area contributed by atoms with E-state index in [0.29, 0.717) is 36.7 Å². The van der Waals surface area contributed by atoms with E-state index in [-0.39, 0.29) is 11.2 Å². The van der Waals surface area contributed by atoms with Crippen molar-refractivity contribution in [3.63, 3.8) is 0 Å². The molecule has 1 heterocycles. The van der Waals surface area contributed by atoms with Crippen molar-refractivity contribution >= 4 is 5.78 Å². The predicted molar refractivity (Wildman–Crippen MR) is 102 cm³/mol. The fraction of sp³-hybridized carbons (Fsp3) is 0.273. The second-order valence-electron chi connectivity index (χ2n) is 7.78. The molecular formula is C22H22N2O3. The molecule has 1 aliphatic carbocycles. The fourth-order valence-electron chi connectivity index (χ4n) is 3.52. The van der Waals surface area contributed by atoms with Crippen LogP contribution >= 0.6 is 0 Å². The second kappa shape index (κ2) is 6.58. The first kappa shape index (κ1) is 17.3. The van der Waals surface area contributed by atoms with Gasteiger partial charge in [0.1, 0.15) is 18.1 Å². The molecule has 0 saturated carbocycles. The summed E-state index contributed by atoms with van der Waals surface area (Å²) < 4.78 is 6.73. The Balaban J connectivity index is 1.55. The summed E-state index contributed by atoms with van der Waals surface area (Å²) in [5.41, 5.74) is 2.68. The van der Waals surface area contributed by atoms with Gasteiger partial charge >= 0.3 is 0 Å². The summed E-state index contributed by atoms with van der Waals surface area (Å²) in [7, 11) is 0. The summed E-state index contributed by atoms with van der Waals surface area (Å²) >= 11 is 0. The number of ketones is 1. The first-order chi connectivity index (χ1) is 12.9. The Hall–Kier alpha value is -3.08. The number of Topliss-reactive ketones (excluding diaryl/α,β-unsaturated/α-hetero) is 1. The lowest BCUT2D eigenvalue weighted by Gasteiger charge is -2.27. The van der Waals surface area contributed by atoms with Crippen molar-refractivity contribution in [3.05, 3.63) is 71.5 Å². The first-order valence-electron chi connectivity index (χ1n) is 9.04. The standard InChI is InChI=1S/C22H22N2O3/c1-22(2)12-18-20(19(25)13-22)24(26)21(23-18)16-8-10-17(11-9-16)27-14-15-6-4-3-5-7-15/h3-11,26H,12-14H2,1-2H3. The molecule has 27 heavy (non-hydrogen) atoms. The maximum Gasteiger partial charge on any atom is 0.185 e. The molecule has 0 aliphatic heterocycles. The van der Waals surface area contributed by atoms with E-state index in [4.69, 9.17) is 4.74 Å². The molecule has 1 N–H and O–H groups in total. The lowest BCUT2D eigenvalue weighted by Crippen LogP contribution is -2.28. The van der Waals surface area contributed by atoms with Crippen LogP contribution in [0.1, 0.15) is 42.0 Å². The Morgan fingerprint density at radius 2 is 1.78 bits per heavy atom. The van der Waals surface area contributed by atoms with E-state index in [2.05, 4.69) is 4.98 Å². The molecule has 2 aromatic carbocycles. The van der Waals surface area contributed by atoms with Crippen LogP contribution in [0.4, 0.5) is 0 Å². The van der Waals surface area contributed by atoms with Gasteiger partial charge in [-0.05, 0) is 41.7 Å². The number of carbonyl (C=O) groups is 1. The van der Waals surface area contributed by atoms with Crippen molar-refractivity contribution in [3.8, 4) is 17.1 Å². The monoisotopic (exact) mass is 362 g/mol. The van der Waals surface area contributed by atoms with Gasteiger partial charge in [-0.3, -0.25) is 4.79 Å². The number of aromatic nitrogens is 2. The molecule has 0 unspecified atom stereocenters. The van der Waals surface area contributed by atoms with E-state index < -0.39 is 0 Å². The van der Waals surface area contributed by atoms with Gasteiger partial charge in [-0.25, -0.2) is 4.98 Å². The number of benzene rings is 2. The van der Waals surface area contributed by atoms with Gasteiger partial charge < -0.3 is 9.94 Å². The number of rotatable bonds is 4. The molecule has 0 spiro atoms. The molecule has 0 bridgehead atoms. The van der Waals surface area contributed by atoms with Crippen LogP contribution in [-0.2, 0) is 13.0 Å². The predicted octanol–water partition coefficient (Wildman–Crippen LogP) is 4.52. The molecule has 5 nitrogen and oxygen atoms in total. The molecule has 0 saturated heterocycles. The van der Waals surface area contributed by atoms with Crippen LogP contribution in [0.3, 0.4) is 0 Å². The van der Waals surface area contributed by atoms with Gasteiger partial charge in [-0.15, -0.1) is 0 Å². The van der Waals surface area contributed by atoms with Crippen LogP contribution in [0, 0.1) is 5.41 Å². The lowest BCUT2D eigenvalue weighted by atomic mass is 9.77. The number of ether oxygens (including phenoxy) is 1. The van der Waals surface area contributed by atoms with Crippen LogP contribution in [0.15, 0.2) is 54.6 Å². The highest BCUT2D eigenvalue weighted by Crippen LogP contribution is 2.36. The van der Waals surface area contributed by atoms with E-state index in [1.54, 1.807) is 0 Å². The molecule has 138 valence electrons. The molecule has 0 fully saturated rings. The van der Waals surface area contributed by atoms with Gasteiger partial charge in [0.2, 0.25) is 0 Å². The molecule has 0 radical (unpaired) electrons. The first-order valence-corrected chi connectivity index (χ1v) is 9.04. The Morgan fingerprint density at radius 3 is 2.48 bits per heavy atom. The van der Waals surface area contributed by atoms with Crippen molar-refractivity contribution in [1.29, 1.82) is 0 Å². The molecule has 4 rings (SSSR count). The zero-order valence-corrected chi connectivity index (χ0v) is 15.5. The highest BCUT2D eigenvalue weighted by molar-refractivity contribution is 5.97. The van der Waals surface area contributed by atoms with E-state index in [0.717, 1.165) is 21.6 Å². The summed E-state index contributed by atoms with van der Waals surface area (Å²) in [5.74, 6) is 1.06. The molecule has 3 aromatic rings. The number of hydrogen-bond acceptors (Lipinski definition) is 4. The van der Waals surface area contributed by atoms with Gasteiger partial charge in [0, 0.05) is 12.0 Å². The smallest absolute Gasteiger partial charge is 0.185 e. The molecule has 1 aromatic heterocycles. The van der Waals surface area contributed by atoms with Crippen LogP contribution < -0.4 is 4.74 Å². The average molecular weight is 362 g/mol. The maximum atomic E-state index is 12.4. The second-order valence-corrected chi connectivity index (χ2v) is 7.78. The zero-order chi connectivity index (χ0) is 19.0. The van der Waals surface area contributed by atoms with Crippen molar-refractivity contribution in [2.45, 2.75) is 33.3 Å². The molecule has 0 atom stereocenters. The minimum atomic E-state index is -0.134. The van der Waals surface area contributed by atoms with Gasteiger partial charge in [-0.1, -0.05) is 44.2 Å². The number of imidazole rings is 1. The van der Waals surface area contributed by atoms with Crippen molar-refractivity contribution in [2.24, 2.45) is 5.41 Å². The van der Waals surface area contributed by atoms with E-state index >= 15 is 0 Å². The van der Waals surface area contributed by atoms with Crippen molar-refractivity contribution < 1.29 is 14.7 Å². The van der Waals surface area contributed by atoms with Gasteiger partial charge in [0.05, 0.1) is 5.69 Å². The Morgan fingerprint density at radius 1 is 1.07 bits per heavy atom. The molecular weight excluding hydrogens is 340 g/mol. The number of nitrogens with zero attached hydrogens (tertiary/aromatic N) is 2. The fourth-order valence-corrected chi connectivity index (χ4v) is 3.52. The Labute approximate surface area is 158 Å². The number of fused-ring (bicyclic) bond motifs is 1. The van der Waals surface area contributed by atoms with Crippen LogP contribution in [0.25, 0.3) is 11.4 Å². The van der Waals surface area contributed by atoms with Crippen molar-refractivity contribution in [2.75, 3.05) is 0 Å². The van der Waals surface area contributed by atoms with E-state index in [1.807, 2.05) is 68.4 Å². The minimum absolute atomic E-state index is 0.0645. The van der Waals surface area contributed by atoms with Gasteiger partial charge in [0.15, 0.2) is 11.6 Å². The minimum Gasteiger partial charge on any atom is -0.489 e. The third-order valence-corrected chi connectivity index (χ3v) is 4.84. The third kappa shape index (κ3) is 3.45. The zero-order valence-electron chi connectivity index (χ0n) is 15.5. The lowest BCUT2D eigenvalue weighted by molar-refractivity contribution is 0.0858. The topological polar surface area (TPSA) is 64.3 Å². The van der Waals surface area contributed by atoms with E-state index in [1.165, 1.54) is 0 Å². The highest BCUT2D eigenvalue weighted by Gasteiger charge is 2.36. The summed E-state index contributed by atoms with van der Waals surface area (Å²) in [6.07, 6.45) is 1.09. The van der Waals surface area contributed by atoms with Crippen molar-refractivity contribution in [1.82, 2.24) is 9.71 Å². The average Bonchev–Trinajstić information content (AvgIpc) is 2.96. The molecule has 0 amide bonds. The van der Waals surface area contributed by atoms with Gasteiger partial charge in [-0.2, -0.15) is 4.73 Å². The Bertz CT molecular complexity index is 973. The molecule has 5 heteroatoms. The quantitative estimate of drug-likeness (QED) is 0.693. The highest BCUT2D eigenvalue weighted by atomic mass is 16.5. The van der Waals surface area contributed by atoms with Crippen LogP contribution in [0.5, 0.6) is 5.75 Å². The summed E-state index contributed by atoms with van der Waals surface area (Å²) in [6.45, 7) is 4.58. The largest absolute Gasteiger partial charge is 0.489 e. The normalized spacial score (nSPS) is 15.4. The third-order valence-electron chi connectivity index (χ3n) is 4.84.